The van der Waals surface area contributed by atoms with E-state index in [9.17, 15) is 14.0 Å². The minimum absolute atomic E-state index is 0.125. The van der Waals surface area contributed by atoms with Crippen molar-refractivity contribution < 1.29 is 14.0 Å². The molecule has 0 heterocycles. The number of hydrogen-bond donors (Lipinski definition) is 2. The van der Waals surface area contributed by atoms with Crippen LogP contribution in [-0.2, 0) is 9.59 Å². The molecule has 2 aromatic carbocycles. The van der Waals surface area contributed by atoms with E-state index in [0.29, 0.717) is 16.3 Å². The van der Waals surface area contributed by atoms with Crippen molar-refractivity contribution in [3.05, 3.63) is 64.9 Å². The fourth-order valence-corrected chi connectivity index (χ4v) is 4.13. The molecule has 1 aliphatic carbocycles. The van der Waals surface area contributed by atoms with Crippen molar-refractivity contribution in [1.29, 1.82) is 0 Å². The number of carbonyl (C=O) groups is 2. The summed E-state index contributed by atoms with van der Waals surface area (Å²) >= 11 is 6.37. The molecule has 1 unspecified atom stereocenters. The van der Waals surface area contributed by atoms with Crippen LogP contribution in [0.25, 0.3) is 0 Å². The molecule has 0 spiro atoms. The van der Waals surface area contributed by atoms with Crippen molar-refractivity contribution in [2.45, 2.75) is 51.0 Å². The second-order valence-corrected chi connectivity index (χ2v) is 8.04. The Labute approximate surface area is 175 Å². The maximum atomic E-state index is 13.5. The summed E-state index contributed by atoms with van der Waals surface area (Å²) in [6, 6.07) is 12.9. The topological polar surface area (TPSA) is 58.2 Å². The zero-order valence-corrected chi connectivity index (χ0v) is 17.2. The first-order chi connectivity index (χ1) is 14.0. The summed E-state index contributed by atoms with van der Waals surface area (Å²) < 4.78 is 13.5. The summed E-state index contributed by atoms with van der Waals surface area (Å²) in [6.45, 7) is 1.70. The lowest BCUT2D eigenvalue weighted by molar-refractivity contribution is -0.129. The van der Waals surface area contributed by atoms with E-state index in [1.54, 1.807) is 37.3 Å². The Balaban J connectivity index is 1.82. The van der Waals surface area contributed by atoms with Crippen LogP contribution in [0.3, 0.4) is 0 Å². The summed E-state index contributed by atoms with van der Waals surface area (Å²) in [5.74, 6) is -2.43. The van der Waals surface area contributed by atoms with Crippen LogP contribution in [0.5, 0.6) is 0 Å². The quantitative estimate of drug-likeness (QED) is 0.672. The normalized spacial score (nSPS) is 16.7. The molecule has 0 saturated heterocycles. The summed E-state index contributed by atoms with van der Waals surface area (Å²) in [5, 5.41) is 6.27. The minimum atomic E-state index is -0.737. The Morgan fingerprint density at radius 3 is 2.45 bits per heavy atom. The number of anilines is 1. The molecule has 2 atom stereocenters. The van der Waals surface area contributed by atoms with E-state index < -0.39 is 17.7 Å². The second kappa shape index (κ2) is 9.88. The first kappa shape index (κ1) is 21.3. The molecule has 2 aromatic rings. The number of rotatable bonds is 6. The van der Waals surface area contributed by atoms with Gasteiger partial charge in [-0.15, -0.1) is 0 Å². The SMILES string of the molecule is CC(C(=O)Nc1cccc(F)c1)[C@H](C(=O)NC1CCCCC1)c1ccccc1Cl. The molecule has 3 rings (SSSR count). The highest BCUT2D eigenvalue weighted by Gasteiger charge is 2.34. The molecule has 1 saturated carbocycles. The van der Waals surface area contributed by atoms with Gasteiger partial charge in [-0.1, -0.05) is 62.1 Å². The maximum absolute atomic E-state index is 13.5. The smallest absolute Gasteiger partial charge is 0.228 e. The number of nitrogens with one attached hydrogen (secondary N) is 2. The van der Waals surface area contributed by atoms with Gasteiger partial charge in [-0.25, -0.2) is 4.39 Å². The van der Waals surface area contributed by atoms with Crippen LogP contribution in [0.4, 0.5) is 10.1 Å². The van der Waals surface area contributed by atoms with Crippen molar-refractivity contribution in [3.63, 3.8) is 0 Å². The molecule has 0 aromatic heterocycles. The third-order valence-electron chi connectivity index (χ3n) is 5.48. The number of halogens is 2. The van der Waals surface area contributed by atoms with Crippen LogP contribution in [0, 0.1) is 11.7 Å². The predicted octanol–water partition coefficient (Wildman–Crippen LogP) is 5.29. The lowest BCUT2D eigenvalue weighted by atomic mass is 9.84. The molecule has 0 radical (unpaired) electrons. The van der Waals surface area contributed by atoms with E-state index in [2.05, 4.69) is 10.6 Å². The summed E-state index contributed by atoms with van der Waals surface area (Å²) in [5.41, 5.74) is 0.969. The molecule has 1 fully saturated rings. The third-order valence-corrected chi connectivity index (χ3v) is 5.82. The first-order valence-corrected chi connectivity index (χ1v) is 10.4. The lowest BCUT2D eigenvalue weighted by Gasteiger charge is -2.28. The van der Waals surface area contributed by atoms with E-state index in [-0.39, 0.29) is 17.9 Å². The van der Waals surface area contributed by atoms with Gasteiger partial charge in [0.25, 0.3) is 0 Å². The highest BCUT2D eigenvalue weighted by Crippen LogP contribution is 2.32. The van der Waals surface area contributed by atoms with Crippen LogP contribution in [0.1, 0.15) is 50.5 Å². The Kier molecular flexibility index (Phi) is 7.26. The van der Waals surface area contributed by atoms with E-state index >= 15 is 0 Å². The van der Waals surface area contributed by atoms with Gasteiger partial charge in [-0.05, 0) is 42.7 Å². The molecular weight excluding hydrogens is 391 g/mol. The zero-order valence-electron chi connectivity index (χ0n) is 16.5. The van der Waals surface area contributed by atoms with Crippen molar-refractivity contribution in [1.82, 2.24) is 5.32 Å². The molecule has 2 amide bonds. The molecule has 0 bridgehead atoms. The summed E-state index contributed by atoms with van der Waals surface area (Å²) in [6.07, 6.45) is 5.27. The largest absolute Gasteiger partial charge is 0.353 e. The van der Waals surface area contributed by atoms with Gasteiger partial charge in [-0.3, -0.25) is 9.59 Å². The molecule has 6 heteroatoms. The third kappa shape index (κ3) is 5.57. The van der Waals surface area contributed by atoms with Gasteiger partial charge in [-0.2, -0.15) is 0 Å². The average Bonchev–Trinajstić information content (AvgIpc) is 2.70. The Bertz CT molecular complexity index is 867. The minimum Gasteiger partial charge on any atom is -0.353 e. The van der Waals surface area contributed by atoms with Gasteiger partial charge in [0.05, 0.1) is 11.8 Å². The standard InChI is InChI=1S/C23H26ClFN2O2/c1-15(22(28)27-18-11-7-8-16(25)14-18)21(19-12-5-6-13-20(19)24)23(29)26-17-9-3-2-4-10-17/h5-8,11-15,17,21H,2-4,9-10H2,1H3,(H,26,29)(H,27,28)/t15?,21-/m0/s1. The molecule has 4 nitrogen and oxygen atoms in total. The Morgan fingerprint density at radius 2 is 1.76 bits per heavy atom. The summed E-state index contributed by atoms with van der Waals surface area (Å²) in [7, 11) is 0. The fourth-order valence-electron chi connectivity index (χ4n) is 3.88. The number of carbonyl (C=O) groups excluding carboxylic acids is 2. The average molecular weight is 417 g/mol. The highest BCUT2D eigenvalue weighted by atomic mass is 35.5. The van der Waals surface area contributed by atoms with Gasteiger partial charge in [0.2, 0.25) is 11.8 Å². The van der Waals surface area contributed by atoms with Gasteiger partial charge in [0.15, 0.2) is 0 Å². The number of hydrogen-bond acceptors (Lipinski definition) is 2. The predicted molar refractivity (Wildman–Crippen MR) is 113 cm³/mol. The Hall–Kier alpha value is -2.40. The van der Waals surface area contributed by atoms with Crippen molar-refractivity contribution in [2.75, 3.05) is 5.32 Å². The van der Waals surface area contributed by atoms with E-state index in [0.717, 1.165) is 25.7 Å². The van der Waals surface area contributed by atoms with Crippen molar-refractivity contribution >= 4 is 29.1 Å². The molecule has 154 valence electrons. The maximum Gasteiger partial charge on any atom is 0.228 e. The van der Waals surface area contributed by atoms with E-state index in [4.69, 9.17) is 11.6 Å². The van der Waals surface area contributed by atoms with E-state index in [1.165, 1.54) is 24.6 Å². The van der Waals surface area contributed by atoms with Gasteiger partial charge in [0.1, 0.15) is 5.82 Å². The van der Waals surface area contributed by atoms with E-state index in [1.807, 2.05) is 0 Å². The van der Waals surface area contributed by atoms with Crippen LogP contribution < -0.4 is 10.6 Å². The number of amides is 2. The summed E-state index contributed by atoms with van der Waals surface area (Å²) in [4.78, 5) is 26.1. The van der Waals surface area contributed by atoms with Crippen LogP contribution in [0.15, 0.2) is 48.5 Å². The number of benzene rings is 2. The monoisotopic (exact) mass is 416 g/mol. The van der Waals surface area contributed by atoms with Crippen molar-refractivity contribution in [2.24, 2.45) is 5.92 Å². The van der Waals surface area contributed by atoms with Gasteiger partial charge < -0.3 is 10.6 Å². The van der Waals surface area contributed by atoms with Crippen LogP contribution in [-0.4, -0.2) is 17.9 Å². The van der Waals surface area contributed by atoms with Crippen LogP contribution >= 0.6 is 11.6 Å². The van der Waals surface area contributed by atoms with Gasteiger partial charge in [0, 0.05) is 16.8 Å². The molecule has 29 heavy (non-hydrogen) atoms. The highest BCUT2D eigenvalue weighted by molar-refractivity contribution is 6.31. The molecular formula is C23H26ClFN2O2. The van der Waals surface area contributed by atoms with Gasteiger partial charge >= 0.3 is 0 Å². The van der Waals surface area contributed by atoms with Crippen LogP contribution in [0.2, 0.25) is 5.02 Å². The molecule has 2 N–H and O–H groups in total. The fraction of sp³-hybridized carbons (Fsp3) is 0.391. The van der Waals surface area contributed by atoms with Crippen molar-refractivity contribution in [3.8, 4) is 0 Å². The molecule has 0 aliphatic heterocycles. The Morgan fingerprint density at radius 1 is 1.03 bits per heavy atom. The molecule has 1 aliphatic rings. The first-order valence-electron chi connectivity index (χ1n) is 10.1. The second-order valence-electron chi connectivity index (χ2n) is 7.63. The lowest BCUT2D eigenvalue weighted by Crippen LogP contribution is -2.42. The zero-order chi connectivity index (χ0) is 20.8.